The number of carbonyl (C=O) groups is 1. The quantitative estimate of drug-likeness (QED) is 0.768. The molecular weight excluding hydrogens is 336 g/mol. The van der Waals surface area contributed by atoms with E-state index in [1.54, 1.807) is 0 Å². The summed E-state index contributed by atoms with van der Waals surface area (Å²) in [6, 6.07) is 15.8. The fourth-order valence-corrected chi connectivity index (χ4v) is 3.55. The van der Waals surface area contributed by atoms with Crippen LogP contribution < -0.4 is 10.2 Å². The van der Waals surface area contributed by atoms with Crippen LogP contribution in [0.25, 0.3) is 10.8 Å². The molecule has 138 valence electrons. The zero-order chi connectivity index (χ0) is 18.6. The maximum atomic E-state index is 12.6. The maximum Gasteiger partial charge on any atom is 0.251 e. The number of nitrogens with one attached hydrogen (secondary N) is 1. The number of hydrogen-bond acceptors (Lipinski definition) is 4. The fourth-order valence-electron chi connectivity index (χ4n) is 3.55. The van der Waals surface area contributed by atoms with Gasteiger partial charge in [0.05, 0.1) is 12.2 Å². The second kappa shape index (κ2) is 7.74. The Labute approximate surface area is 159 Å². The molecule has 1 aliphatic rings. The van der Waals surface area contributed by atoms with Gasteiger partial charge in [0.2, 0.25) is 5.95 Å². The first-order chi connectivity index (χ1) is 13.2. The lowest BCUT2D eigenvalue weighted by atomic mass is 10.1. The van der Waals surface area contributed by atoms with Crippen LogP contribution in [-0.4, -0.2) is 29.0 Å². The molecule has 0 saturated carbocycles. The highest BCUT2D eigenvalue weighted by Crippen LogP contribution is 2.18. The Balaban J connectivity index is 1.47. The van der Waals surface area contributed by atoms with E-state index in [9.17, 15) is 4.79 Å². The van der Waals surface area contributed by atoms with Crippen LogP contribution in [0, 0.1) is 6.92 Å². The summed E-state index contributed by atoms with van der Waals surface area (Å²) in [6.07, 6.45) is 3.65. The maximum absolute atomic E-state index is 12.6. The Kier molecular flexibility index (Phi) is 5.01. The van der Waals surface area contributed by atoms with Crippen LogP contribution in [0.1, 0.15) is 41.0 Å². The lowest BCUT2D eigenvalue weighted by molar-refractivity contribution is 0.0950. The van der Waals surface area contributed by atoms with Gasteiger partial charge in [0.15, 0.2) is 0 Å². The van der Waals surface area contributed by atoms with Crippen LogP contribution in [0.4, 0.5) is 5.95 Å². The van der Waals surface area contributed by atoms with E-state index < -0.39 is 0 Å². The molecule has 1 aromatic heterocycles. The molecule has 0 atom stereocenters. The molecule has 5 nitrogen and oxygen atoms in total. The number of fused-ring (bicyclic) bond motifs is 1. The smallest absolute Gasteiger partial charge is 0.251 e. The molecule has 3 aromatic rings. The highest BCUT2D eigenvalue weighted by Gasteiger charge is 2.15. The van der Waals surface area contributed by atoms with Gasteiger partial charge in [-0.2, -0.15) is 0 Å². The molecular formula is C22H24N4O. The van der Waals surface area contributed by atoms with Gasteiger partial charge < -0.3 is 10.2 Å². The number of aromatic nitrogens is 2. The summed E-state index contributed by atoms with van der Waals surface area (Å²) in [7, 11) is 0. The van der Waals surface area contributed by atoms with Crippen molar-refractivity contribution >= 4 is 22.6 Å². The molecule has 0 spiro atoms. The third-order valence-electron chi connectivity index (χ3n) is 4.98. The van der Waals surface area contributed by atoms with Crippen molar-refractivity contribution in [1.29, 1.82) is 0 Å². The van der Waals surface area contributed by atoms with Crippen molar-refractivity contribution in [2.45, 2.75) is 32.7 Å². The SMILES string of the molecule is Cc1cc(CNC(=O)c2ccc3ccccc3c2)nc(N2CCCCC2)n1. The molecule has 27 heavy (non-hydrogen) atoms. The van der Waals surface area contributed by atoms with Crippen molar-refractivity contribution in [3.63, 3.8) is 0 Å². The number of anilines is 1. The van der Waals surface area contributed by atoms with Crippen LogP contribution in [0.3, 0.4) is 0 Å². The van der Waals surface area contributed by atoms with E-state index >= 15 is 0 Å². The van der Waals surface area contributed by atoms with Gasteiger partial charge in [0.25, 0.3) is 5.91 Å². The number of rotatable bonds is 4. The molecule has 1 N–H and O–H groups in total. The molecule has 0 radical (unpaired) electrons. The zero-order valence-corrected chi connectivity index (χ0v) is 15.6. The summed E-state index contributed by atoms with van der Waals surface area (Å²) in [6.45, 7) is 4.39. The summed E-state index contributed by atoms with van der Waals surface area (Å²) >= 11 is 0. The standard InChI is InChI=1S/C22H24N4O/c1-16-13-20(25-22(24-16)26-11-5-2-6-12-26)15-23-21(27)19-10-9-17-7-3-4-8-18(17)14-19/h3-4,7-10,13-14H,2,5-6,11-12,15H2,1H3,(H,23,27). The topological polar surface area (TPSA) is 58.1 Å². The summed E-state index contributed by atoms with van der Waals surface area (Å²) in [5, 5.41) is 5.19. The van der Waals surface area contributed by atoms with Gasteiger partial charge in [0, 0.05) is 24.3 Å². The van der Waals surface area contributed by atoms with Gasteiger partial charge in [0.1, 0.15) is 0 Å². The molecule has 1 fully saturated rings. The van der Waals surface area contributed by atoms with Gasteiger partial charge in [-0.05, 0) is 55.2 Å². The third kappa shape index (κ3) is 4.08. The predicted octanol–water partition coefficient (Wildman–Crippen LogP) is 3.86. The fraction of sp³-hybridized carbons (Fsp3) is 0.318. The van der Waals surface area contributed by atoms with Crippen molar-refractivity contribution in [3.05, 3.63) is 65.5 Å². The van der Waals surface area contributed by atoms with E-state index in [0.29, 0.717) is 12.1 Å². The predicted molar refractivity (Wildman–Crippen MR) is 108 cm³/mol. The number of piperidine rings is 1. The van der Waals surface area contributed by atoms with E-state index in [-0.39, 0.29) is 5.91 Å². The minimum absolute atomic E-state index is 0.0865. The number of amides is 1. The third-order valence-corrected chi connectivity index (χ3v) is 4.98. The van der Waals surface area contributed by atoms with Crippen LogP contribution >= 0.6 is 0 Å². The zero-order valence-electron chi connectivity index (χ0n) is 15.6. The second-order valence-electron chi connectivity index (χ2n) is 7.09. The Hall–Kier alpha value is -2.95. The van der Waals surface area contributed by atoms with E-state index in [4.69, 9.17) is 0 Å². The first-order valence-corrected chi connectivity index (χ1v) is 9.55. The Morgan fingerprint density at radius 1 is 1.00 bits per heavy atom. The molecule has 2 aromatic carbocycles. The Morgan fingerprint density at radius 3 is 2.59 bits per heavy atom. The molecule has 0 unspecified atom stereocenters. The summed E-state index contributed by atoms with van der Waals surface area (Å²) in [4.78, 5) is 24.1. The minimum Gasteiger partial charge on any atom is -0.346 e. The highest BCUT2D eigenvalue weighted by molar-refractivity contribution is 5.98. The highest BCUT2D eigenvalue weighted by atomic mass is 16.1. The number of aryl methyl sites for hydroxylation is 1. The van der Waals surface area contributed by atoms with Gasteiger partial charge in [-0.3, -0.25) is 4.79 Å². The van der Waals surface area contributed by atoms with E-state index in [2.05, 4.69) is 20.2 Å². The van der Waals surface area contributed by atoms with Crippen LogP contribution in [0.15, 0.2) is 48.5 Å². The monoisotopic (exact) mass is 360 g/mol. The molecule has 1 saturated heterocycles. The lowest BCUT2D eigenvalue weighted by Crippen LogP contribution is -2.32. The Bertz CT molecular complexity index is 963. The normalized spacial score (nSPS) is 14.3. The molecule has 0 aliphatic carbocycles. The number of benzene rings is 2. The van der Waals surface area contributed by atoms with Gasteiger partial charge in [-0.1, -0.05) is 30.3 Å². The van der Waals surface area contributed by atoms with Crippen molar-refractivity contribution in [2.24, 2.45) is 0 Å². The van der Waals surface area contributed by atoms with Gasteiger partial charge >= 0.3 is 0 Å². The van der Waals surface area contributed by atoms with Crippen molar-refractivity contribution < 1.29 is 4.79 Å². The average Bonchev–Trinajstić information content (AvgIpc) is 2.72. The van der Waals surface area contributed by atoms with Crippen LogP contribution in [-0.2, 0) is 6.54 Å². The first-order valence-electron chi connectivity index (χ1n) is 9.55. The van der Waals surface area contributed by atoms with Gasteiger partial charge in [-0.25, -0.2) is 9.97 Å². The molecule has 1 aliphatic heterocycles. The summed E-state index contributed by atoms with van der Waals surface area (Å²) in [5.74, 6) is 0.696. The largest absolute Gasteiger partial charge is 0.346 e. The first kappa shape index (κ1) is 17.5. The summed E-state index contributed by atoms with van der Waals surface area (Å²) < 4.78 is 0. The molecule has 0 bridgehead atoms. The number of hydrogen-bond donors (Lipinski definition) is 1. The lowest BCUT2D eigenvalue weighted by Gasteiger charge is -2.27. The van der Waals surface area contributed by atoms with Crippen molar-refractivity contribution in [2.75, 3.05) is 18.0 Å². The molecule has 4 rings (SSSR count). The van der Waals surface area contributed by atoms with E-state index in [1.165, 1.54) is 19.3 Å². The van der Waals surface area contributed by atoms with Crippen molar-refractivity contribution in [1.82, 2.24) is 15.3 Å². The minimum atomic E-state index is -0.0865. The number of nitrogens with zero attached hydrogens (tertiary/aromatic N) is 3. The van der Waals surface area contributed by atoms with Gasteiger partial charge in [-0.15, -0.1) is 0 Å². The molecule has 5 heteroatoms. The average molecular weight is 360 g/mol. The van der Waals surface area contributed by atoms with E-state index in [1.807, 2.05) is 55.5 Å². The molecule has 2 heterocycles. The summed E-state index contributed by atoms with van der Waals surface area (Å²) in [5.41, 5.74) is 2.44. The Morgan fingerprint density at radius 2 is 1.78 bits per heavy atom. The van der Waals surface area contributed by atoms with Crippen LogP contribution in [0.2, 0.25) is 0 Å². The second-order valence-corrected chi connectivity index (χ2v) is 7.09. The van der Waals surface area contributed by atoms with Crippen molar-refractivity contribution in [3.8, 4) is 0 Å². The number of carbonyl (C=O) groups excluding carboxylic acids is 1. The molecule has 1 amide bonds. The van der Waals surface area contributed by atoms with Crippen LogP contribution in [0.5, 0.6) is 0 Å². The van der Waals surface area contributed by atoms with E-state index in [0.717, 1.165) is 41.2 Å².